The average Bonchev–Trinajstić information content (AvgIpc) is 3.34. The fraction of sp³-hybridized carbons (Fsp3) is 0.381. The van der Waals surface area contributed by atoms with Crippen molar-refractivity contribution in [3.63, 3.8) is 0 Å². The van der Waals surface area contributed by atoms with E-state index in [0.717, 1.165) is 29.7 Å². The second-order valence-electron chi connectivity index (χ2n) is 7.31. The van der Waals surface area contributed by atoms with E-state index in [1.54, 1.807) is 17.1 Å². The summed E-state index contributed by atoms with van der Waals surface area (Å²) in [6.45, 7) is 3.86. The molecule has 0 radical (unpaired) electrons. The minimum atomic E-state index is -0.0730. The fourth-order valence-electron chi connectivity index (χ4n) is 3.79. The third kappa shape index (κ3) is 4.26. The Morgan fingerprint density at radius 3 is 2.76 bits per heavy atom. The standard InChI is InChI=1S/C21H24N6O2/c1-15(28)22-10-12-27-21-20(23-8-9-24-21)19(25-27)17-7-11-26(14-17)18(29)13-16-5-3-2-4-6-16/h2-6,8-9,17H,7,10-14H2,1H3,(H,22,28)/t17-/m1/s1. The number of carbonyl (C=O) groups excluding carboxylic acids is 2. The third-order valence-corrected chi connectivity index (χ3v) is 5.22. The SMILES string of the molecule is CC(=O)NCCn1nc([C@@H]2CCN(C(=O)Cc3ccccc3)C2)c2nccnc21. The number of hydrogen-bond donors (Lipinski definition) is 1. The van der Waals surface area contributed by atoms with E-state index in [1.165, 1.54) is 6.92 Å². The number of benzene rings is 1. The summed E-state index contributed by atoms with van der Waals surface area (Å²) in [6.07, 6.45) is 4.58. The maximum absolute atomic E-state index is 12.7. The van der Waals surface area contributed by atoms with Gasteiger partial charge >= 0.3 is 0 Å². The lowest BCUT2D eigenvalue weighted by Gasteiger charge is -2.16. The number of hydrogen-bond acceptors (Lipinski definition) is 5. The maximum atomic E-state index is 12.7. The fourth-order valence-corrected chi connectivity index (χ4v) is 3.79. The van der Waals surface area contributed by atoms with Gasteiger partial charge in [-0.15, -0.1) is 0 Å². The molecule has 1 atom stereocenters. The summed E-state index contributed by atoms with van der Waals surface area (Å²) in [5.74, 6) is 0.200. The van der Waals surface area contributed by atoms with Crippen LogP contribution in [0.1, 0.15) is 30.5 Å². The lowest BCUT2D eigenvalue weighted by Crippen LogP contribution is -2.30. The molecule has 1 saturated heterocycles. The highest BCUT2D eigenvalue weighted by atomic mass is 16.2. The molecule has 0 spiro atoms. The molecule has 0 saturated carbocycles. The summed E-state index contributed by atoms with van der Waals surface area (Å²) in [6, 6.07) is 9.81. The Balaban J connectivity index is 1.48. The zero-order valence-corrected chi connectivity index (χ0v) is 16.4. The van der Waals surface area contributed by atoms with Gasteiger partial charge in [0.25, 0.3) is 0 Å². The van der Waals surface area contributed by atoms with Crippen molar-refractivity contribution in [1.82, 2.24) is 30.0 Å². The van der Waals surface area contributed by atoms with Gasteiger partial charge < -0.3 is 10.2 Å². The molecule has 4 rings (SSSR count). The Kier molecular flexibility index (Phi) is 5.50. The molecule has 29 heavy (non-hydrogen) atoms. The van der Waals surface area contributed by atoms with Crippen LogP contribution in [0.4, 0.5) is 0 Å². The van der Waals surface area contributed by atoms with Gasteiger partial charge in [0.05, 0.1) is 18.7 Å². The van der Waals surface area contributed by atoms with Gasteiger partial charge in [0.15, 0.2) is 5.65 Å². The molecule has 1 aromatic carbocycles. The summed E-state index contributed by atoms with van der Waals surface area (Å²) >= 11 is 0. The van der Waals surface area contributed by atoms with Crippen LogP contribution in [0.2, 0.25) is 0 Å². The molecule has 1 aliphatic heterocycles. The number of rotatable bonds is 6. The minimum Gasteiger partial charge on any atom is -0.354 e. The molecular formula is C21H24N6O2. The van der Waals surface area contributed by atoms with Crippen LogP contribution in [0.15, 0.2) is 42.7 Å². The van der Waals surface area contributed by atoms with Crippen LogP contribution >= 0.6 is 0 Å². The lowest BCUT2D eigenvalue weighted by atomic mass is 10.0. The van der Waals surface area contributed by atoms with Crippen molar-refractivity contribution in [2.24, 2.45) is 0 Å². The molecule has 1 aliphatic rings. The number of amides is 2. The van der Waals surface area contributed by atoms with Crippen LogP contribution in [-0.4, -0.2) is 56.1 Å². The van der Waals surface area contributed by atoms with E-state index in [9.17, 15) is 9.59 Å². The molecule has 0 bridgehead atoms. The largest absolute Gasteiger partial charge is 0.354 e. The van der Waals surface area contributed by atoms with Gasteiger partial charge in [-0.2, -0.15) is 5.10 Å². The molecule has 3 aromatic rings. The Bertz CT molecular complexity index is 1020. The quantitative estimate of drug-likeness (QED) is 0.687. The summed E-state index contributed by atoms with van der Waals surface area (Å²) in [7, 11) is 0. The molecule has 0 aliphatic carbocycles. The first-order chi connectivity index (χ1) is 14.1. The minimum absolute atomic E-state index is 0.0730. The van der Waals surface area contributed by atoms with Gasteiger partial charge in [0.2, 0.25) is 11.8 Å². The number of nitrogens with zero attached hydrogens (tertiary/aromatic N) is 5. The maximum Gasteiger partial charge on any atom is 0.227 e. The topological polar surface area (TPSA) is 93.0 Å². The van der Waals surface area contributed by atoms with E-state index in [2.05, 4.69) is 15.3 Å². The van der Waals surface area contributed by atoms with Crippen LogP contribution in [0.5, 0.6) is 0 Å². The Labute approximate surface area is 168 Å². The van der Waals surface area contributed by atoms with Crippen molar-refractivity contribution in [2.45, 2.75) is 32.2 Å². The third-order valence-electron chi connectivity index (χ3n) is 5.22. The predicted molar refractivity (Wildman–Crippen MR) is 108 cm³/mol. The van der Waals surface area contributed by atoms with Gasteiger partial charge in [-0.1, -0.05) is 30.3 Å². The first-order valence-corrected chi connectivity index (χ1v) is 9.85. The summed E-state index contributed by atoms with van der Waals surface area (Å²) < 4.78 is 1.79. The Morgan fingerprint density at radius 1 is 1.17 bits per heavy atom. The molecule has 150 valence electrons. The normalized spacial score (nSPS) is 16.3. The lowest BCUT2D eigenvalue weighted by molar-refractivity contribution is -0.129. The first-order valence-electron chi connectivity index (χ1n) is 9.85. The molecule has 0 unspecified atom stereocenters. The number of carbonyl (C=O) groups is 2. The molecule has 2 amide bonds. The van der Waals surface area contributed by atoms with Crippen LogP contribution < -0.4 is 5.32 Å². The van der Waals surface area contributed by atoms with E-state index in [0.29, 0.717) is 31.7 Å². The molecule has 2 aromatic heterocycles. The summed E-state index contributed by atoms with van der Waals surface area (Å²) in [5.41, 5.74) is 3.39. The molecule has 1 N–H and O–H groups in total. The van der Waals surface area contributed by atoms with Crippen molar-refractivity contribution >= 4 is 23.0 Å². The van der Waals surface area contributed by atoms with Gasteiger partial charge in [0.1, 0.15) is 5.52 Å². The van der Waals surface area contributed by atoms with E-state index in [4.69, 9.17) is 5.10 Å². The monoisotopic (exact) mass is 392 g/mol. The van der Waals surface area contributed by atoms with Gasteiger partial charge in [-0.25, -0.2) is 14.6 Å². The van der Waals surface area contributed by atoms with E-state index in [-0.39, 0.29) is 17.7 Å². The van der Waals surface area contributed by atoms with Gasteiger partial charge in [-0.05, 0) is 12.0 Å². The smallest absolute Gasteiger partial charge is 0.227 e. The number of fused-ring (bicyclic) bond motifs is 1. The van der Waals surface area contributed by atoms with Crippen LogP contribution in [0, 0.1) is 0 Å². The number of aromatic nitrogens is 4. The molecule has 8 nitrogen and oxygen atoms in total. The van der Waals surface area contributed by atoms with Crippen molar-refractivity contribution in [3.8, 4) is 0 Å². The molecule has 3 heterocycles. The second kappa shape index (κ2) is 8.38. The molecular weight excluding hydrogens is 368 g/mol. The Hall–Kier alpha value is -3.29. The van der Waals surface area contributed by atoms with E-state index >= 15 is 0 Å². The summed E-state index contributed by atoms with van der Waals surface area (Å²) in [5, 5.41) is 7.53. The van der Waals surface area contributed by atoms with E-state index in [1.807, 2.05) is 35.2 Å². The highest BCUT2D eigenvalue weighted by Crippen LogP contribution is 2.30. The van der Waals surface area contributed by atoms with Crippen molar-refractivity contribution < 1.29 is 9.59 Å². The van der Waals surface area contributed by atoms with Gasteiger partial charge in [0, 0.05) is 44.9 Å². The highest BCUT2D eigenvalue weighted by Gasteiger charge is 2.31. The zero-order chi connectivity index (χ0) is 20.2. The van der Waals surface area contributed by atoms with Crippen molar-refractivity contribution in [1.29, 1.82) is 0 Å². The zero-order valence-electron chi connectivity index (χ0n) is 16.4. The number of likely N-dealkylation sites (tertiary alicyclic amines) is 1. The molecule has 1 fully saturated rings. The van der Waals surface area contributed by atoms with Crippen LogP contribution in [0.25, 0.3) is 11.2 Å². The summed E-state index contributed by atoms with van der Waals surface area (Å²) in [4.78, 5) is 34.7. The van der Waals surface area contributed by atoms with E-state index < -0.39 is 0 Å². The van der Waals surface area contributed by atoms with Crippen molar-refractivity contribution in [3.05, 3.63) is 54.0 Å². The Morgan fingerprint density at radius 2 is 1.97 bits per heavy atom. The van der Waals surface area contributed by atoms with Crippen molar-refractivity contribution in [2.75, 3.05) is 19.6 Å². The van der Waals surface area contributed by atoms with Gasteiger partial charge in [-0.3, -0.25) is 9.59 Å². The molecule has 8 heteroatoms. The highest BCUT2D eigenvalue weighted by molar-refractivity contribution is 5.79. The average molecular weight is 392 g/mol. The number of nitrogens with one attached hydrogen (secondary N) is 1. The first kappa shape index (κ1) is 19.0. The second-order valence-corrected chi connectivity index (χ2v) is 7.31. The predicted octanol–water partition coefficient (Wildman–Crippen LogP) is 1.52. The van der Waals surface area contributed by atoms with Crippen LogP contribution in [0.3, 0.4) is 0 Å². The van der Waals surface area contributed by atoms with Crippen LogP contribution in [-0.2, 0) is 22.6 Å².